The lowest BCUT2D eigenvalue weighted by Gasteiger charge is -2.28. The molecule has 0 radical (unpaired) electrons. The standard InChI is InChI=1S/C19H19BN2O6.C16H21NO5/c21-10-11-4-6-12(7-5-11)17(22-27)16(23)9-14-8-13-2-1-3-15(19(24)25)18(13)28-20(14)26;1-5-21-14(19)13(18)12-8-6-11(7-9-12)10-17-15(20)22-16(2,3)4/h1-7,14,26-27H,8-10,21H2,(H,24,25);6-9H,5,10H2,1-4H3,(H,17,20)/b22-17-;/t14-;/m1./s1. The van der Waals surface area contributed by atoms with Gasteiger partial charge in [0.05, 0.1) is 12.2 Å². The number of fused-ring (bicyclic) bond motifs is 1. The van der Waals surface area contributed by atoms with Crippen molar-refractivity contribution in [2.45, 2.75) is 65.0 Å². The SMILES string of the molecule is CCOC(=O)C(=O)c1ccc(CNC(=O)OC(C)(C)C)cc1.NCc1ccc(/C(=N/O)C(=O)C[C@H]2Cc3cccc(C(=O)O)c3OB2O)cc1. The van der Waals surface area contributed by atoms with Gasteiger partial charge in [0.15, 0.2) is 11.5 Å². The molecule has 14 nitrogen and oxygen atoms in total. The summed E-state index contributed by atoms with van der Waals surface area (Å²) in [6.45, 7) is 7.75. The van der Waals surface area contributed by atoms with Crippen LogP contribution in [0.3, 0.4) is 0 Å². The molecule has 0 bridgehead atoms. The number of oxime groups is 1. The van der Waals surface area contributed by atoms with Crippen LogP contribution in [0, 0.1) is 0 Å². The predicted molar refractivity (Wildman–Crippen MR) is 182 cm³/mol. The number of rotatable bonds is 11. The maximum atomic E-state index is 12.7. The number of amides is 1. The van der Waals surface area contributed by atoms with Crippen LogP contribution in [-0.2, 0) is 38.6 Å². The third-order valence-electron chi connectivity index (χ3n) is 7.24. The van der Waals surface area contributed by atoms with Gasteiger partial charge in [-0.25, -0.2) is 14.4 Å². The molecule has 1 amide bonds. The lowest BCUT2D eigenvalue weighted by Crippen LogP contribution is -2.36. The van der Waals surface area contributed by atoms with E-state index in [1.807, 2.05) is 0 Å². The largest absolute Gasteiger partial charge is 0.535 e. The molecule has 1 aliphatic rings. The van der Waals surface area contributed by atoms with E-state index in [1.165, 1.54) is 18.2 Å². The maximum absolute atomic E-state index is 12.7. The molecular formula is C35H40BN3O11. The number of Topliss-reactive ketones (excluding diaryl/α,β-unsaturated/α-hetero) is 2. The fourth-order valence-electron chi connectivity index (χ4n) is 4.81. The summed E-state index contributed by atoms with van der Waals surface area (Å²) in [5.74, 6) is -3.68. The summed E-state index contributed by atoms with van der Waals surface area (Å²) in [4.78, 5) is 58.5. The smallest absolute Gasteiger partial charge is 0.526 e. The van der Waals surface area contributed by atoms with E-state index in [2.05, 4.69) is 15.2 Å². The first-order valence-corrected chi connectivity index (χ1v) is 15.7. The Bertz CT molecular complexity index is 1720. The second-order valence-electron chi connectivity index (χ2n) is 12.2. The van der Waals surface area contributed by atoms with Gasteiger partial charge in [0.2, 0.25) is 0 Å². The molecule has 3 aromatic carbocycles. The summed E-state index contributed by atoms with van der Waals surface area (Å²) < 4.78 is 15.2. The quantitative estimate of drug-likeness (QED) is 0.0367. The van der Waals surface area contributed by atoms with Crippen LogP contribution in [0.15, 0.2) is 71.9 Å². The number of carbonyl (C=O) groups excluding carboxylic acids is 4. The molecule has 0 fully saturated rings. The number of nitrogens with zero attached hydrogens (tertiary/aromatic N) is 1. The first-order valence-electron chi connectivity index (χ1n) is 15.7. The molecule has 4 rings (SSSR count). The third-order valence-corrected chi connectivity index (χ3v) is 7.24. The monoisotopic (exact) mass is 689 g/mol. The summed E-state index contributed by atoms with van der Waals surface area (Å²) in [5, 5.41) is 34.6. The van der Waals surface area contributed by atoms with Crippen molar-refractivity contribution in [1.82, 2.24) is 5.32 Å². The van der Waals surface area contributed by atoms with Crippen LogP contribution in [0.1, 0.15) is 77.1 Å². The van der Waals surface area contributed by atoms with Gasteiger partial charge in [0.1, 0.15) is 11.4 Å². The van der Waals surface area contributed by atoms with Crippen molar-refractivity contribution in [3.63, 3.8) is 0 Å². The minimum absolute atomic E-state index is 0.0427. The number of aromatic carboxylic acids is 1. The highest BCUT2D eigenvalue weighted by Crippen LogP contribution is 2.36. The molecule has 6 N–H and O–H groups in total. The molecule has 15 heteroatoms. The highest BCUT2D eigenvalue weighted by Gasteiger charge is 2.38. The molecule has 1 atom stereocenters. The number of nitrogens with two attached hydrogens (primary N) is 1. The number of carbonyl (C=O) groups is 5. The van der Waals surface area contributed by atoms with Gasteiger partial charge in [-0.15, -0.1) is 0 Å². The number of nitrogens with one attached hydrogen (secondary N) is 1. The Morgan fingerprint density at radius 2 is 1.60 bits per heavy atom. The Labute approximate surface area is 289 Å². The molecule has 1 aliphatic heterocycles. The van der Waals surface area contributed by atoms with Crippen LogP contribution >= 0.6 is 0 Å². The van der Waals surface area contributed by atoms with Crippen LogP contribution < -0.4 is 15.7 Å². The zero-order valence-electron chi connectivity index (χ0n) is 28.2. The molecule has 1 heterocycles. The molecule has 0 unspecified atom stereocenters. The van der Waals surface area contributed by atoms with Crippen molar-refractivity contribution >= 4 is 42.4 Å². The van der Waals surface area contributed by atoms with Crippen molar-refractivity contribution in [1.29, 1.82) is 0 Å². The molecular weight excluding hydrogens is 649 g/mol. The Morgan fingerprint density at radius 1 is 0.980 bits per heavy atom. The Morgan fingerprint density at radius 3 is 2.16 bits per heavy atom. The van der Waals surface area contributed by atoms with Crippen molar-refractivity contribution in [2.75, 3.05) is 6.61 Å². The predicted octanol–water partition coefficient (Wildman–Crippen LogP) is 3.92. The number of carboxylic acid groups (broad SMARTS) is 1. The van der Waals surface area contributed by atoms with E-state index in [9.17, 15) is 39.3 Å². The number of ether oxygens (including phenoxy) is 2. The van der Waals surface area contributed by atoms with E-state index >= 15 is 0 Å². The van der Waals surface area contributed by atoms with Gasteiger partial charge in [-0.3, -0.25) is 9.59 Å². The number of hydrogen-bond donors (Lipinski definition) is 5. The molecule has 264 valence electrons. The highest BCUT2D eigenvalue weighted by atomic mass is 16.6. The van der Waals surface area contributed by atoms with E-state index in [0.717, 1.165) is 11.1 Å². The zero-order valence-corrected chi connectivity index (χ0v) is 28.2. The van der Waals surface area contributed by atoms with Gasteiger partial charge >= 0.3 is 25.2 Å². The molecule has 0 aliphatic carbocycles. The summed E-state index contributed by atoms with van der Waals surface area (Å²) in [6, 6.07) is 17.8. The van der Waals surface area contributed by atoms with Crippen molar-refractivity contribution in [3.05, 3.63) is 100 Å². The highest BCUT2D eigenvalue weighted by molar-refractivity contribution is 6.51. The molecule has 0 spiro atoms. The van der Waals surface area contributed by atoms with Gasteiger partial charge in [-0.05, 0) is 56.9 Å². The molecule has 3 aromatic rings. The third kappa shape index (κ3) is 11.0. The normalized spacial score (nSPS) is 13.8. The number of esters is 1. The van der Waals surface area contributed by atoms with E-state index in [0.29, 0.717) is 17.7 Å². The number of hydrogen-bond acceptors (Lipinski definition) is 12. The molecule has 50 heavy (non-hydrogen) atoms. The van der Waals surface area contributed by atoms with E-state index in [4.69, 9.17) is 15.1 Å². The van der Waals surface area contributed by atoms with Crippen LogP contribution in [0.4, 0.5) is 4.79 Å². The van der Waals surface area contributed by atoms with E-state index < -0.39 is 48.1 Å². The molecule has 0 aromatic heterocycles. The Balaban J connectivity index is 0.000000279. The van der Waals surface area contributed by atoms with Gasteiger partial charge in [0.25, 0.3) is 5.78 Å². The van der Waals surface area contributed by atoms with Crippen molar-refractivity contribution < 1.29 is 53.4 Å². The number of ketones is 2. The van der Waals surface area contributed by atoms with Crippen LogP contribution in [0.2, 0.25) is 5.82 Å². The molecule has 0 saturated carbocycles. The van der Waals surface area contributed by atoms with Gasteiger partial charge in [0, 0.05) is 36.5 Å². The Hall–Kier alpha value is -5.54. The number of carboxylic acids is 1. The second-order valence-corrected chi connectivity index (χ2v) is 12.2. The minimum Gasteiger partial charge on any atom is -0.535 e. The number of benzene rings is 3. The number of para-hydroxylation sites is 1. The van der Waals surface area contributed by atoms with E-state index in [-0.39, 0.29) is 48.6 Å². The first-order chi connectivity index (χ1) is 23.7. The average molecular weight is 690 g/mol. The fourth-order valence-corrected chi connectivity index (χ4v) is 4.81. The minimum atomic E-state index is -1.35. The summed E-state index contributed by atoms with van der Waals surface area (Å²) >= 11 is 0. The second kappa shape index (κ2) is 17.7. The first kappa shape index (κ1) is 38.9. The average Bonchev–Trinajstić information content (AvgIpc) is 3.07. The lowest BCUT2D eigenvalue weighted by atomic mass is 9.64. The number of alkyl carbamates (subject to hydrolysis) is 1. The summed E-state index contributed by atoms with van der Waals surface area (Å²) in [6.07, 6.45) is -0.386. The van der Waals surface area contributed by atoms with Gasteiger partial charge in [-0.2, -0.15) is 0 Å². The van der Waals surface area contributed by atoms with Crippen LogP contribution in [-0.4, -0.2) is 70.0 Å². The maximum Gasteiger partial charge on any atom is 0.526 e. The Kier molecular flexibility index (Phi) is 13.8. The van der Waals surface area contributed by atoms with Crippen molar-refractivity contribution in [3.8, 4) is 5.75 Å². The van der Waals surface area contributed by atoms with Crippen molar-refractivity contribution in [2.24, 2.45) is 10.9 Å². The fraction of sp³-hybridized carbons (Fsp3) is 0.314. The van der Waals surface area contributed by atoms with Gasteiger partial charge < -0.3 is 40.5 Å². The van der Waals surface area contributed by atoms with Crippen LogP contribution in [0.25, 0.3) is 0 Å². The summed E-state index contributed by atoms with van der Waals surface area (Å²) in [7, 11) is -1.35. The summed E-state index contributed by atoms with van der Waals surface area (Å²) in [5.41, 5.74) is 7.76. The lowest BCUT2D eigenvalue weighted by molar-refractivity contribution is -0.137. The molecule has 0 saturated heterocycles. The van der Waals surface area contributed by atoms with Gasteiger partial charge in [-0.1, -0.05) is 65.8 Å². The van der Waals surface area contributed by atoms with E-state index in [1.54, 1.807) is 76.2 Å². The van der Waals surface area contributed by atoms with Crippen LogP contribution in [0.5, 0.6) is 5.75 Å². The topological polar surface area (TPSA) is 224 Å². The zero-order chi connectivity index (χ0) is 37.0.